The molecule has 0 amide bonds. The van der Waals surface area contributed by atoms with E-state index >= 15 is 0 Å². The van der Waals surface area contributed by atoms with Gasteiger partial charge in [0.25, 0.3) is 0 Å². The van der Waals surface area contributed by atoms with Crippen LogP contribution in [0.25, 0.3) is 0 Å². The van der Waals surface area contributed by atoms with E-state index in [0.717, 1.165) is 36.2 Å². The van der Waals surface area contributed by atoms with Gasteiger partial charge in [0.2, 0.25) is 0 Å². The summed E-state index contributed by atoms with van der Waals surface area (Å²) in [7, 11) is 3.45. The van der Waals surface area contributed by atoms with E-state index in [0.29, 0.717) is 0 Å². The van der Waals surface area contributed by atoms with Gasteiger partial charge in [0.1, 0.15) is 11.5 Å². The van der Waals surface area contributed by atoms with Crippen molar-refractivity contribution >= 4 is 0 Å². The minimum Gasteiger partial charge on any atom is -0.496 e. The first kappa shape index (κ1) is 33.5. The molecule has 0 aliphatic rings. The van der Waals surface area contributed by atoms with Gasteiger partial charge >= 0.3 is 0 Å². The van der Waals surface area contributed by atoms with Gasteiger partial charge in [-0.3, -0.25) is 0 Å². The Kier molecular flexibility index (Phi) is 21.4. The highest BCUT2D eigenvalue weighted by Crippen LogP contribution is 2.27. The van der Waals surface area contributed by atoms with Gasteiger partial charge in [0, 0.05) is 0 Å². The van der Waals surface area contributed by atoms with Crippen LogP contribution in [-0.4, -0.2) is 14.2 Å². The molecule has 0 heterocycles. The van der Waals surface area contributed by atoms with Crippen LogP contribution >= 0.6 is 0 Å². The summed E-state index contributed by atoms with van der Waals surface area (Å²) >= 11 is 0. The number of rotatable bonds is 15. The van der Waals surface area contributed by atoms with Gasteiger partial charge in [-0.05, 0) is 60.8 Å². The minimum atomic E-state index is 0.781. The molecule has 0 fully saturated rings. The molecule has 2 unspecified atom stereocenters. The lowest BCUT2D eigenvalue weighted by Crippen LogP contribution is -2.09. The molecule has 36 heavy (non-hydrogen) atoms. The van der Waals surface area contributed by atoms with E-state index in [2.05, 4.69) is 59.1 Å². The van der Waals surface area contributed by atoms with Crippen molar-refractivity contribution in [3.63, 3.8) is 0 Å². The zero-order valence-corrected chi connectivity index (χ0v) is 24.2. The third-order valence-corrected chi connectivity index (χ3v) is 6.38. The van der Waals surface area contributed by atoms with Crippen LogP contribution in [0, 0.1) is 11.8 Å². The van der Waals surface area contributed by atoms with Crippen molar-refractivity contribution in [2.75, 3.05) is 14.2 Å². The zero-order valence-electron chi connectivity index (χ0n) is 24.2. The Hall–Kier alpha value is -2.48. The average Bonchev–Trinajstić information content (AvgIpc) is 2.91. The Balaban J connectivity index is 0.000000604. The van der Waals surface area contributed by atoms with Crippen molar-refractivity contribution in [1.82, 2.24) is 0 Å². The van der Waals surface area contributed by atoms with E-state index in [1.807, 2.05) is 42.5 Å². The number of allylic oxidation sites excluding steroid dienone is 2. The van der Waals surface area contributed by atoms with Gasteiger partial charge < -0.3 is 9.47 Å². The monoisotopic (exact) mass is 494 g/mol. The average molecular weight is 495 g/mol. The molecule has 2 rings (SSSR count). The number of hydrogen-bond donors (Lipinski definition) is 0. The molecule has 2 atom stereocenters. The van der Waals surface area contributed by atoms with Crippen LogP contribution in [0.3, 0.4) is 0 Å². The number of ether oxygens (including phenoxy) is 2. The quantitative estimate of drug-likeness (QED) is 0.181. The molecular formula is C34H54O2. The Morgan fingerprint density at radius 1 is 0.778 bits per heavy atom. The molecule has 0 N–H and O–H groups in total. The van der Waals surface area contributed by atoms with E-state index in [-0.39, 0.29) is 0 Å². The number of methoxy groups -OCH3 is 2. The van der Waals surface area contributed by atoms with Crippen LogP contribution in [-0.2, 0) is 12.8 Å². The van der Waals surface area contributed by atoms with Crippen molar-refractivity contribution in [3.8, 4) is 11.5 Å². The van der Waals surface area contributed by atoms with Crippen molar-refractivity contribution in [3.05, 3.63) is 85.0 Å². The van der Waals surface area contributed by atoms with Gasteiger partial charge in [-0.1, -0.05) is 115 Å². The van der Waals surface area contributed by atoms with Gasteiger partial charge in [-0.15, -0.1) is 13.2 Å². The standard InChI is InChI=1S/C18H30O.C10H12O.C6H12/c1-5-7-10-15(3)13-16(6-2)14-17-11-8-9-12-18(17)19-4;1-3-6-9-7-4-5-8-10(9)11-2;1-3-5-6-4-2/h8-9,11-12,15-16H,5-7,10,13-14H2,1-4H3;3-5,7-8H,1,6H2,2H3;3H,1,4-6H2,2H3. The third-order valence-electron chi connectivity index (χ3n) is 6.38. The maximum absolute atomic E-state index is 5.46. The fourth-order valence-electron chi connectivity index (χ4n) is 4.19. The van der Waals surface area contributed by atoms with E-state index in [1.165, 1.54) is 62.5 Å². The van der Waals surface area contributed by atoms with E-state index in [1.54, 1.807) is 14.2 Å². The molecule has 202 valence electrons. The Morgan fingerprint density at radius 3 is 1.81 bits per heavy atom. The molecule has 2 aromatic rings. The van der Waals surface area contributed by atoms with E-state index in [4.69, 9.17) is 9.47 Å². The summed E-state index contributed by atoms with van der Waals surface area (Å²) in [5.74, 6) is 3.61. The second kappa shape index (κ2) is 23.0. The van der Waals surface area contributed by atoms with Crippen molar-refractivity contribution < 1.29 is 9.47 Å². The van der Waals surface area contributed by atoms with E-state index in [9.17, 15) is 0 Å². The third kappa shape index (κ3) is 15.5. The molecule has 0 bridgehead atoms. The SMILES string of the molecule is C=CCCCC.C=CCc1ccccc1OC.CCCCC(C)CC(CC)Cc1ccccc1OC. The second-order valence-corrected chi connectivity index (χ2v) is 9.51. The highest BCUT2D eigenvalue weighted by atomic mass is 16.5. The minimum absolute atomic E-state index is 0.781. The Labute approximate surface area is 223 Å². The molecule has 0 spiro atoms. The largest absolute Gasteiger partial charge is 0.496 e. The van der Waals surface area contributed by atoms with E-state index < -0.39 is 0 Å². The van der Waals surface area contributed by atoms with Crippen molar-refractivity contribution in [2.24, 2.45) is 11.8 Å². The summed E-state index contributed by atoms with van der Waals surface area (Å²) in [6.07, 6.45) is 16.3. The summed E-state index contributed by atoms with van der Waals surface area (Å²) < 4.78 is 10.6. The van der Waals surface area contributed by atoms with Crippen molar-refractivity contribution in [2.45, 2.75) is 91.9 Å². The predicted octanol–water partition coefficient (Wildman–Crippen LogP) is 10.3. The number of unbranched alkanes of at least 4 members (excludes halogenated alkanes) is 3. The summed E-state index contributed by atoms with van der Waals surface area (Å²) in [5.41, 5.74) is 2.55. The summed E-state index contributed by atoms with van der Waals surface area (Å²) in [5, 5.41) is 0. The lowest BCUT2D eigenvalue weighted by atomic mass is 9.86. The summed E-state index contributed by atoms with van der Waals surface area (Å²) in [6, 6.07) is 16.4. The van der Waals surface area contributed by atoms with Crippen molar-refractivity contribution in [1.29, 1.82) is 0 Å². The van der Waals surface area contributed by atoms with Crippen LogP contribution in [0.15, 0.2) is 73.8 Å². The first-order chi connectivity index (χ1) is 17.5. The highest BCUT2D eigenvalue weighted by Gasteiger charge is 2.14. The highest BCUT2D eigenvalue weighted by molar-refractivity contribution is 5.34. The molecule has 2 nitrogen and oxygen atoms in total. The first-order valence-corrected chi connectivity index (χ1v) is 14.0. The Morgan fingerprint density at radius 2 is 1.33 bits per heavy atom. The second-order valence-electron chi connectivity index (χ2n) is 9.51. The maximum Gasteiger partial charge on any atom is 0.122 e. The van der Waals surface area contributed by atoms with Gasteiger partial charge in [-0.25, -0.2) is 0 Å². The normalized spacial score (nSPS) is 11.6. The number of para-hydroxylation sites is 2. The zero-order chi connectivity index (χ0) is 27.0. The number of benzene rings is 2. The molecule has 0 radical (unpaired) electrons. The molecule has 0 aromatic heterocycles. The number of hydrogen-bond acceptors (Lipinski definition) is 2. The molecule has 0 saturated carbocycles. The smallest absolute Gasteiger partial charge is 0.122 e. The Bertz CT molecular complexity index is 795. The fraction of sp³-hybridized carbons (Fsp3) is 0.529. The van der Waals surface area contributed by atoms with Crippen LogP contribution in [0.2, 0.25) is 0 Å². The molecule has 2 heteroatoms. The molecule has 0 aliphatic carbocycles. The molecule has 0 saturated heterocycles. The topological polar surface area (TPSA) is 18.5 Å². The first-order valence-electron chi connectivity index (χ1n) is 14.0. The molecular weight excluding hydrogens is 440 g/mol. The maximum atomic E-state index is 5.46. The molecule has 2 aromatic carbocycles. The van der Waals surface area contributed by atoms with Crippen LogP contribution in [0.5, 0.6) is 11.5 Å². The van der Waals surface area contributed by atoms with Gasteiger partial charge in [0.05, 0.1) is 14.2 Å². The predicted molar refractivity (Wildman–Crippen MR) is 160 cm³/mol. The van der Waals surface area contributed by atoms with Gasteiger partial charge in [-0.2, -0.15) is 0 Å². The van der Waals surface area contributed by atoms with Crippen LogP contribution < -0.4 is 9.47 Å². The fourth-order valence-corrected chi connectivity index (χ4v) is 4.19. The lowest BCUT2D eigenvalue weighted by Gasteiger charge is -2.20. The van der Waals surface area contributed by atoms with Crippen LogP contribution in [0.4, 0.5) is 0 Å². The molecule has 0 aliphatic heterocycles. The van der Waals surface area contributed by atoms with Crippen LogP contribution in [0.1, 0.15) is 90.2 Å². The lowest BCUT2D eigenvalue weighted by molar-refractivity contribution is 0.349. The summed E-state index contributed by atoms with van der Waals surface area (Å²) in [4.78, 5) is 0. The summed E-state index contributed by atoms with van der Waals surface area (Å²) in [6.45, 7) is 16.5. The van der Waals surface area contributed by atoms with Gasteiger partial charge in [0.15, 0.2) is 0 Å².